The summed E-state index contributed by atoms with van der Waals surface area (Å²) in [6.07, 6.45) is 15.5. The van der Waals surface area contributed by atoms with Crippen molar-refractivity contribution in [2.45, 2.75) is 84.5 Å². The van der Waals surface area contributed by atoms with Crippen LogP contribution in [0.3, 0.4) is 0 Å². The Bertz CT molecular complexity index is 211. The van der Waals surface area contributed by atoms with Crippen LogP contribution in [0.5, 0.6) is 0 Å². The molecule has 5 nitrogen and oxygen atoms in total. The van der Waals surface area contributed by atoms with E-state index in [-0.39, 0.29) is 0 Å². The summed E-state index contributed by atoms with van der Waals surface area (Å²) in [7, 11) is -4.64. The molecule has 0 spiro atoms. The smallest absolute Gasteiger partial charge is 0.317 e. The molecule has 0 saturated heterocycles. The zero-order valence-corrected chi connectivity index (χ0v) is 14.8. The lowest BCUT2D eigenvalue weighted by atomic mass is 10.1. The van der Waals surface area contributed by atoms with Gasteiger partial charge in [0, 0.05) is 0 Å². The van der Waals surface area contributed by atoms with Gasteiger partial charge in [-0.05, 0) is 25.9 Å². The highest BCUT2D eigenvalue weighted by atomic mass is 31.2. The van der Waals surface area contributed by atoms with Gasteiger partial charge in [-0.3, -0.25) is 0 Å². The van der Waals surface area contributed by atoms with Gasteiger partial charge in [-0.15, -0.1) is 0 Å². The fraction of sp³-hybridized carbons (Fsp3) is 1.00. The molecule has 0 aromatic rings. The van der Waals surface area contributed by atoms with Gasteiger partial charge in [0.25, 0.3) is 0 Å². The van der Waals surface area contributed by atoms with E-state index in [9.17, 15) is 0 Å². The SMILES string of the molecule is CCCCCCCCCCNCCCCC.O=P(O)(O)O. The van der Waals surface area contributed by atoms with Crippen molar-refractivity contribution in [3.8, 4) is 0 Å². The second kappa shape index (κ2) is 18.1. The lowest BCUT2D eigenvalue weighted by molar-refractivity contribution is 0.275. The van der Waals surface area contributed by atoms with Crippen molar-refractivity contribution < 1.29 is 19.2 Å². The Balaban J connectivity index is 0. The van der Waals surface area contributed by atoms with Gasteiger partial charge in [0.2, 0.25) is 0 Å². The van der Waals surface area contributed by atoms with Crippen LogP contribution in [-0.2, 0) is 4.57 Å². The number of rotatable bonds is 13. The van der Waals surface area contributed by atoms with Gasteiger partial charge in [-0.1, -0.05) is 71.6 Å². The molecule has 0 aromatic carbocycles. The van der Waals surface area contributed by atoms with Gasteiger partial charge >= 0.3 is 7.82 Å². The molecule has 0 rings (SSSR count). The van der Waals surface area contributed by atoms with Crippen LogP contribution in [0.2, 0.25) is 0 Å². The summed E-state index contributed by atoms with van der Waals surface area (Å²) in [5.74, 6) is 0. The summed E-state index contributed by atoms with van der Waals surface area (Å²) in [5.41, 5.74) is 0. The van der Waals surface area contributed by atoms with Gasteiger partial charge in [-0.25, -0.2) is 4.57 Å². The molecule has 0 unspecified atom stereocenters. The van der Waals surface area contributed by atoms with Crippen molar-refractivity contribution >= 4 is 7.82 Å². The highest BCUT2D eigenvalue weighted by Crippen LogP contribution is 2.25. The predicted molar refractivity (Wildman–Crippen MR) is 89.3 cm³/mol. The molecule has 4 N–H and O–H groups in total. The average molecular weight is 325 g/mol. The molecule has 0 heterocycles. The van der Waals surface area contributed by atoms with E-state index in [0.717, 1.165) is 0 Å². The maximum atomic E-state index is 8.88. The van der Waals surface area contributed by atoms with E-state index in [2.05, 4.69) is 19.2 Å². The molecular formula is C15H36NO4P. The molecule has 0 aliphatic heterocycles. The molecule has 0 aliphatic carbocycles. The largest absolute Gasteiger partial charge is 0.466 e. The van der Waals surface area contributed by atoms with Crippen molar-refractivity contribution in [2.75, 3.05) is 13.1 Å². The van der Waals surface area contributed by atoms with Gasteiger partial charge in [0.15, 0.2) is 0 Å². The molecule has 0 fully saturated rings. The first-order valence-corrected chi connectivity index (χ1v) is 9.97. The molecular weight excluding hydrogens is 289 g/mol. The molecule has 0 saturated carbocycles. The lowest BCUT2D eigenvalue weighted by Crippen LogP contribution is -2.16. The first-order chi connectivity index (χ1) is 9.91. The Labute approximate surface area is 130 Å². The monoisotopic (exact) mass is 325 g/mol. The maximum absolute atomic E-state index is 8.88. The normalized spacial score (nSPS) is 11.1. The van der Waals surface area contributed by atoms with E-state index < -0.39 is 7.82 Å². The summed E-state index contributed by atoms with van der Waals surface area (Å²) in [6.45, 7) is 7.01. The first kappa shape index (κ1) is 23.3. The summed E-state index contributed by atoms with van der Waals surface area (Å²) >= 11 is 0. The van der Waals surface area contributed by atoms with Crippen LogP contribution >= 0.6 is 7.82 Å². The Morgan fingerprint density at radius 3 is 1.38 bits per heavy atom. The van der Waals surface area contributed by atoms with Gasteiger partial charge < -0.3 is 20.0 Å². The number of hydrogen-bond acceptors (Lipinski definition) is 2. The Hall–Kier alpha value is 0.0700. The topological polar surface area (TPSA) is 89.8 Å². The van der Waals surface area contributed by atoms with E-state index in [4.69, 9.17) is 19.2 Å². The van der Waals surface area contributed by atoms with Crippen molar-refractivity contribution in [3.05, 3.63) is 0 Å². The fourth-order valence-corrected chi connectivity index (χ4v) is 2.01. The highest BCUT2D eigenvalue weighted by molar-refractivity contribution is 7.45. The average Bonchev–Trinajstić information content (AvgIpc) is 2.38. The highest BCUT2D eigenvalue weighted by Gasteiger charge is 2.00. The van der Waals surface area contributed by atoms with Crippen LogP contribution in [0, 0.1) is 0 Å². The minimum absolute atomic E-state index is 1.23. The summed E-state index contributed by atoms with van der Waals surface area (Å²) in [6, 6.07) is 0. The van der Waals surface area contributed by atoms with E-state index in [1.807, 2.05) is 0 Å². The number of nitrogens with one attached hydrogen (secondary N) is 1. The van der Waals surface area contributed by atoms with Crippen LogP contribution in [0.1, 0.15) is 84.5 Å². The van der Waals surface area contributed by atoms with Crippen molar-refractivity contribution in [2.24, 2.45) is 0 Å². The summed E-state index contributed by atoms with van der Waals surface area (Å²) in [5, 5.41) is 3.53. The van der Waals surface area contributed by atoms with E-state index in [0.29, 0.717) is 0 Å². The lowest BCUT2D eigenvalue weighted by Gasteiger charge is -2.04. The molecule has 21 heavy (non-hydrogen) atoms. The molecule has 0 aliphatic rings. The molecule has 0 bridgehead atoms. The maximum Gasteiger partial charge on any atom is 0.466 e. The minimum atomic E-state index is -4.64. The van der Waals surface area contributed by atoms with Crippen LogP contribution in [0.15, 0.2) is 0 Å². The Morgan fingerprint density at radius 2 is 0.952 bits per heavy atom. The van der Waals surface area contributed by atoms with Crippen LogP contribution in [-0.4, -0.2) is 27.8 Å². The minimum Gasteiger partial charge on any atom is -0.317 e. The molecule has 0 amide bonds. The summed E-state index contributed by atoms with van der Waals surface area (Å²) in [4.78, 5) is 21.6. The molecule has 6 heteroatoms. The zero-order chi connectivity index (χ0) is 16.4. The molecule has 130 valence electrons. The quantitative estimate of drug-likeness (QED) is 0.304. The third-order valence-electron chi connectivity index (χ3n) is 3.16. The van der Waals surface area contributed by atoms with Crippen molar-refractivity contribution in [1.82, 2.24) is 5.32 Å². The van der Waals surface area contributed by atoms with E-state index in [1.54, 1.807) is 0 Å². The predicted octanol–water partition coefficient (Wildman–Crippen LogP) is 3.98. The Kier molecular flexibility index (Phi) is 20.1. The third-order valence-corrected chi connectivity index (χ3v) is 3.16. The molecule has 0 radical (unpaired) electrons. The van der Waals surface area contributed by atoms with Crippen LogP contribution in [0.25, 0.3) is 0 Å². The zero-order valence-electron chi connectivity index (χ0n) is 13.9. The standard InChI is InChI=1S/C15H33N.H3O4P/c1-3-5-7-8-9-10-11-13-15-16-14-12-6-4-2;1-5(2,3)4/h16H,3-15H2,1-2H3;(H3,1,2,3,4). The first-order valence-electron chi connectivity index (χ1n) is 8.40. The molecule has 0 aromatic heterocycles. The molecule has 0 atom stereocenters. The number of phosphoric acid groups is 1. The van der Waals surface area contributed by atoms with Crippen LogP contribution < -0.4 is 5.32 Å². The van der Waals surface area contributed by atoms with Gasteiger partial charge in [0.05, 0.1) is 0 Å². The van der Waals surface area contributed by atoms with Gasteiger partial charge in [0.1, 0.15) is 0 Å². The van der Waals surface area contributed by atoms with Gasteiger partial charge in [-0.2, -0.15) is 0 Å². The second-order valence-corrected chi connectivity index (χ2v) is 6.47. The Morgan fingerprint density at radius 1 is 0.667 bits per heavy atom. The third kappa shape index (κ3) is 38.4. The summed E-state index contributed by atoms with van der Waals surface area (Å²) < 4.78 is 8.88. The van der Waals surface area contributed by atoms with Crippen molar-refractivity contribution in [3.63, 3.8) is 0 Å². The van der Waals surface area contributed by atoms with Crippen molar-refractivity contribution in [1.29, 1.82) is 0 Å². The number of unbranched alkanes of at least 4 members (excludes halogenated alkanes) is 9. The van der Waals surface area contributed by atoms with E-state index in [1.165, 1.54) is 83.7 Å². The fourth-order valence-electron chi connectivity index (χ4n) is 2.01. The van der Waals surface area contributed by atoms with E-state index >= 15 is 0 Å². The second-order valence-electron chi connectivity index (χ2n) is 5.45. The number of hydrogen-bond donors (Lipinski definition) is 4. The van der Waals surface area contributed by atoms with Crippen LogP contribution in [0.4, 0.5) is 0 Å².